The molecule has 0 atom stereocenters. The third-order valence-corrected chi connectivity index (χ3v) is 4.73. The highest BCUT2D eigenvalue weighted by molar-refractivity contribution is 7.98. The highest BCUT2D eigenvalue weighted by Gasteiger charge is 2.09. The smallest absolute Gasteiger partial charge is 0.189 e. The summed E-state index contributed by atoms with van der Waals surface area (Å²) in [5.41, 5.74) is 5.33. The van der Waals surface area contributed by atoms with E-state index in [0.717, 1.165) is 38.8 Å². The van der Waals surface area contributed by atoms with E-state index in [9.17, 15) is 0 Å². The van der Waals surface area contributed by atoms with Crippen molar-refractivity contribution in [1.82, 2.24) is 14.6 Å². The van der Waals surface area contributed by atoms with E-state index < -0.39 is 0 Å². The van der Waals surface area contributed by atoms with Crippen molar-refractivity contribution >= 4 is 17.3 Å². The Kier molecular flexibility index (Phi) is 4.15. The fraction of sp³-hybridized carbons (Fsp3) is 0.100. The van der Waals surface area contributed by atoms with E-state index >= 15 is 0 Å². The molecule has 4 aromatic rings. The number of nitrogens with zero attached hydrogens (tertiary/aromatic N) is 3. The fourth-order valence-electron chi connectivity index (χ4n) is 2.85. The van der Waals surface area contributed by atoms with Gasteiger partial charge in [0.1, 0.15) is 5.75 Å². The third kappa shape index (κ3) is 2.98. The number of hydrogen-bond donors (Lipinski definition) is 0. The maximum atomic E-state index is 5.34. The molecule has 25 heavy (non-hydrogen) atoms. The molecule has 0 N–H and O–H groups in total. The van der Waals surface area contributed by atoms with E-state index in [1.54, 1.807) is 25.1 Å². The van der Waals surface area contributed by atoms with Crippen LogP contribution in [-0.4, -0.2) is 28.0 Å². The maximum Gasteiger partial charge on any atom is 0.189 e. The molecule has 4 nitrogen and oxygen atoms in total. The average molecular weight is 347 g/mol. The van der Waals surface area contributed by atoms with E-state index in [-0.39, 0.29) is 0 Å². The van der Waals surface area contributed by atoms with Gasteiger partial charge in [-0.3, -0.25) is 0 Å². The van der Waals surface area contributed by atoms with Crippen molar-refractivity contribution in [3.63, 3.8) is 0 Å². The lowest BCUT2D eigenvalue weighted by molar-refractivity contribution is 0.415. The Balaban J connectivity index is 1.81. The standard InChI is InChI=1S/C20H17N3OS/c1-24-18-8-4-6-15(12-18)14-5-3-7-16(11-14)19-13-17-9-10-21-23(17)20(22-19)25-2/h3-13H,1-2H3. The van der Waals surface area contributed by atoms with Gasteiger partial charge in [0, 0.05) is 5.56 Å². The molecule has 0 aliphatic heterocycles. The molecule has 0 aliphatic rings. The minimum Gasteiger partial charge on any atom is -0.497 e. The van der Waals surface area contributed by atoms with Crippen LogP contribution in [0.5, 0.6) is 5.75 Å². The zero-order chi connectivity index (χ0) is 17.2. The average Bonchev–Trinajstić information content (AvgIpc) is 3.16. The predicted molar refractivity (Wildman–Crippen MR) is 102 cm³/mol. The van der Waals surface area contributed by atoms with Crippen LogP contribution in [0.2, 0.25) is 0 Å². The van der Waals surface area contributed by atoms with Crippen molar-refractivity contribution in [3.05, 3.63) is 66.9 Å². The van der Waals surface area contributed by atoms with Gasteiger partial charge in [0.15, 0.2) is 5.16 Å². The summed E-state index contributed by atoms with van der Waals surface area (Å²) in [5.74, 6) is 0.853. The van der Waals surface area contributed by atoms with Crippen molar-refractivity contribution in [1.29, 1.82) is 0 Å². The molecule has 0 fully saturated rings. The van der Waals surface area contributed by atoms with E-state index in [1.807, 2.05) is 35.0 Å². The predicted octanol–water partition coefficient (Wildman–Crippen LogP) is 4.79. The summed E-state index contributed by atoms with van der Waals surface area (Å²) in [5, 5.41) is 5.21. The summed E-state index contributed by atoms with van der Waals surface area (Å²) in [7, 11) is 1.68. The lowest BCUT2D eigenvalue weighted by Crippen LogP contribution is -1.97. The minimum atomic E-state index is 0.853. The van der Waals surface area contributed by atoms with Crippen LogP contribution in [0, 0.1) is 0 Å². The second-order valence-corrected chi connectivity index (χ2v) is 6.38. The van der Waals surface area contributed by atoms with Crippen LogP contribution in [0.3, 0.4) is 0 Å². The number of fused-ring (bicyclic) bond motifs is 1. The molecular formula is C20H17N3OS. The van der Waals surface area contributed by atoms with Crippen LogP contribution in [0.1, 0.15) is 0 Å². The Bertz CT molecular complexity index is 1040. The number of rotatable bonds is 4. The number of aromatic nitrogens is 3. The normalized spacial score (nSPS) is 11.0. The molecule has 4 rings (SSSR count). The summed E-state index contributed by atoms with van der Waals surface area (Å²) in [6.45, 7) is 0. The number of thioether (sulfide) groups is 1. The first-order valence-corrected chi connectivity index (χ1v) is 9.14. The quantitative estimate of drug-likeness (QED) is 0.393. The van der Waals surface area contributed by atoms with E-state index in [4.69, 9.17) is 9.72 Å². The number of ether oxygens (including phenoxy) is 1. The summed E-state index contributed by atoms with van der Waals surface area (Å²) >= 11 is 1.59. The van der Waals surface area contributed by atoms with Gasteiger partial charge in [-0.05, 0) is 47.7 Å². The number of hydrogen-bond acceptors (Lipinski definition) is 4. The minimum absolute atomic E-state index is 0.853. The molecule has 0 bridgehead atoms. The van der Waals surface area contributed by atoms with Gasteiger partial charge in [-0.15, -0.1) is 0 Å². The van der Waals surface area contributed by atoms with Crippen LogP contribution in [0.4, 0.5) is 0 Å². The molecule has 2 aromatic heterocycles. The first-order chi connectivity index (χ1) is 12.3. The SMILES string of the molecule is COc1cccc(-c2cccc(-c3cc4ccnn4c(SC)n3)c2)c1. The van der Waals surface area contributed by atoms with Gasteiger partial charge in [0.05, 0.1) is 24.5 Å². The lowest BCUT2D eigenvalue weighted by Gasteiger charge is -2.09. The van der Waals surface area contributed by atoms with Gasteiger partial charge in [-0.25, -0.2) is 9.50 Å². The van der Waals surface area contributed by atoms with Crippen LogP contribution in [0.15, 0.2) is 72.0 Å². The molecule has 0 radical (unpaired) electrons. The van der Waals surface area contributed by atoms with Crippen molar-refractivity contribution in [3.8, 4) is 28.1 Å². The second kappa shape index (κ2) is 6.61. The largest absolute Gasteiger partial charge is 0.497 e. The summed E-state index contributed by atoms with van der Waals surface area (Å²) < 4.78 is 7.20. The molecule has 5 heteroatoms. The monoisotopic (exact) mass is 347 g/mol. The Morgan fingerprint density at radius 1 is 0.920 bits per heavy atom. The zero-order valence-electron chi connectivity index (χ0n) is 14.0. The van der Waals surface area contributed by atoms with Gasteiger partial charge in [-0.1, -0.05) is 42.1 Å². The zero-order valence-corrected chi connectivity index (χ0v) is 14.8. The van der Waals surface area contributed by atoms with Gasteiger partial charge >= 0.3 is 0 Å². The summed E-state index contributed by atoms with van der Waals surface area (Å²) in [6.07, 6.45) is 3.81. The maximum absolute atomic E-state index is 5.34. The molecule has 0 saturated heterocycles. The molecule has 0 unspecified atom stereocenters. The highest BCUT2D eigenvalue weighted by Crippen LogP contribution is 2.29. The van der Waals surface area contributed by atoms with Crippen LogP contribution < -0.4 is 4.74 Å². The Morgan fingerprint density at radius 2 is 1.68 bits per heavy atom. The Labute approximate surface area is 150 Å². The van der Waals surface area contributed by atoms with Crippen molar-refractivity contribution in [2.45, 2.75) is 5.16 Å². The summed E-state index contributed by atoms with van der Waals surface area (Å²) in [4.78, 5) is 4.77. The van der Waals surface area contributed by atoms with Crippen LogP contribution in [0.25, 0.3) is 27.9 Å². The van der Waals surface area contributed by atoms with Crippen LogP contribution >= 0.6 is 11.8 Å². The first kappa shape index (κ1) is 15.7. The molecular weight excluding hydrogens is 330 g/mol. The molecule has 2 aromatic carbocycles. The van der Waals surface area contributed by atoms with Crippen molar-refractivity contribution in [2.75, 3.05) is 13.4 Å². The van der Waals surface area contributed by atoms with E-state index in [1.165, 1.54) is 0 Å². The summed E-state index contributed by atoms with van der Waals surface area (Å²) in [6, 6.07) is 20.6. The Hall–Kier alpha value is -2.79. The molecule has 0 saturated carbocycles. The van der Waals surface area contributed by atoms with E-state index in [2.05, 4.69) is 41.5 Å². The van der Waals surface area contributed by atoms with Crippen molar-refractivity contribution in [2.24, 2.45) is 0 Å². The molecule has 0 amide bonds. The lowest BCUT2D eigenvalue weighted by atomic mass is 10.0. The number of methoxy groups -OCH3 is 1. The second-order valence-electron chi connectivity index (χ2n) is 5.61. The van der Waals surface area contributed by atoms with Gasteiger partial charge in [0.2, 0.25) is 0 Å². The fourth-order valence-corrected chi connectivity index (χ4v) is 3.36. The first-order valence-electron chi connectivity index (χ1n) is 7.92. The molecule has 124 valence electrons. The Morgan fingerprint density at radius 3 is 2.48 bits per heavy atom. The molecule has 0 aliphatic carbocycles. The van der Waals surface area contributed by atoms with Gasteiger partial charge in [-0.2, -0.15) is 5.10 Å². The third-order valence-electron chi connectivity index (χ3n) is 4.10. The molecule has 0 spiro atoms. The van der Waals surface area contributed by atoms with Crippen molar-refractivity contribution < 1.29 is 4.74 Å². The van der Waals surface area contributed by atoms with E-state index in [0.29, 0.717) is 0 Å². The molecule has 2 heterocycles. The number of benzene rings is 2. The highest BCUT2D eigenvalue weighted by atomic mass is 32.2. The topological polar surface area (TPSA) is 39.4 Å². The van der Waals surface area contributed by atoms with Gasteiger partial charge in [0.25, 0.3) is 0 Å². The van der Waals surface area contributed by atoms with Crippen LogP contribution in [-0.2, 0) is 0 Å². The van der Waals surface area contributed by atoms with Gasteiger partial charge < -0.3 is 4.74 Å².